The molecule has 0 aliphatic heterocycles. The highest BCUT2D eigenvalue weighted by Crippen LogP contribution is 2.26. The number of nitrogens with one attached hydrogen (secondary N) is 1. The van der Waals surface area contributed by atoms with E-state index in [-0.39, 0.29) is 12.6 Å². The number of alkyl halides is 3. The lowest BCUT2D eigenvalue weighted by atomic mass is 10.1. The van der Waals surface area contributed by atoms with Crippen LogP contribution in [0.1, 0.15) is 26.3 Å². The predicted octanol–water partition coefficient (Wildman–Crippen LogP) is 3.71. The summed E-state index contributed by atoms with van der Waals surface area (Å²) in [6.07, 6.45) is -4.28. The fourth-order valence-electron chi connectivity index (χ4n) is 1.90. The minimum atomic E-state index is -4.28. The summed E-state index contributed by atoms with van der Waals surface area (Å²) in [5, 5.41) is 3.10. The van der Waals surface area contributed by atoms with Gasteiger partial charge in [0.05, 0.1) is 0 Å². The van der Waals surface area contributed by atoms with Gasteiger partial charge in [-0.3, -0.25) is 0 Å². The normalized spacial score (nSPS) is 12.0. The maximum absolute atomic E-state index is 13.3. The van der Waals surface area contributed by atoms with Crippen molar-refractivity contribution >= 4 is 5.69 Å². The molecule has 1 rings (SSSR count). The fourth-order valence-corrected chi connectivity index (χ4v) is 1.90. The molecule has 0 atom stereocenters. The third kappa shape index (κ3) is 5.36. The van der Waals surface area contributed by atoms with Crippen molar-refractivity contribution in [3.8, 4) is 0 Å². The molecule has 114 valence electrons. The Morgan fingerprint density at radius 1 is 1.25 bits per heavy atom. The summed E-state index contributed by atoms with van der Waals surface area (Å²) in [5.41, 5.74) is 0.948. The lowest BCUT2D eigenvalue weighted by Crippen LogP contribution is -2.35. The summed E-state index contributed by atoms with van der Waals surface area (Å²) >= 11 is 0. The minimum absolute atomic E-state index is 0.170. The highest BCUT2D eigenvalue weighted by molar-refractivity contribution is 5.54. The van der Waals surface area contributed by atoms with Gasteiger partial charge in [0.25, 0.3) is 0 Å². The molecule has 1 N–H and O–H groups in total. The Balaban J connectivity index is 3.01. The Hall–Kier alpha value is -1.30. The van der Waals surface area contributed by atoms with Gasteiger partial charge in [-0.1, -0.05) is 13.8 Å². The Morgan fingerprint density at radius 3 is 2.40 bits per heavy atom. The largest absolute Gasteiger partial charge is 0.405 e. The molecule has 0 radical (unpaired) electrons. The van der Waals surface area contributed by atoms with E-state index in [1.807, 2.05) is 13.8 Å². The fraction of sp³-hybridized carbons (Fsp3) is 0.571. The molecule has 0 aliphatic rings. The van der Waals surface area contributed by atoms with E-state index in [2.05, 4.69) is 5.32 Å². The van der Waals surface area contributed by atoms with Gasteiger partial charge in [-0.2, -0.15) is 13.2 Å². The van der Waals surface area contributed by atoms with Crippen LogP contribution in [0, 0.1) is 5.82 Å². The van der Waals surface area contributed by atoms with Crippen molar-refractivity contribution in [2.45, 2.75) is 39.5 Å². The van der Waals surface area contributed by atoms with Crippen molar-refractivity contribution in [2.24, 2.45) is 0 Å². The molecule has 0 saturated carbocycles. The SMILES string of the molecule is CCN(CC(F)(F)F)c1ccc(F)cc1CNC(C)C. The topological polar surface area (TPSA) is 15.3 Å². The monoisotopic (exact) mass is 292 g/mol. The highest BCUT2D eigenvalue weighted by Gasteiger charge is 2.31. The second-order valence-electron chi connectivity index (χ2n) is 4.94. The van der Waals surface area contributed by atoms with E-state index in [1.165, 1.54) is 23.1 Å². The third-order valence-electron chi connectivity index (χ3n) is 2.83. The van der Waals surface area contributed by atoms with E-state index < -0.39 is 18.5 Å². The molecule has 0 heterocycles. The molecule has 20 heavy (non-hydrogen) atoms. The van der Waals surface area contributed by atoms with Crippen LogP contribution in [-0.2, 0) is 6.54 Å². The molecule has 0 unspecified atom stereocenters. The van der Waals surface area contributed by atoms with Crippen LogP contribution in [0.15, 0.2) is 18.2 Å². The molecular formula is C14H20F4N2. The van der Waals surface area contributed by atoms with Gasteiger partial charge in [-0.15, -0.1) is 0 Å². The second-order valence-corrected chi connectivity index (χ2v) is 4.94. The Bertz CT molecular complexity index is 430. The van der Waals surface area contributed by atoms with E-state index in [0.29, 0.717) is 17.8 Å². The van der Waals surface area contributed by atoms with Crippen LogP contribution in [0.5, 0.6) is 0 Å². The molecule has 0 amide bonds. The van der Waals surface area contributed by atoms with Gasteiger partial charge < -0.3 is 10.2 Å². The number of hydrogen-bond acceptors (Lipinski definition) is 2. The Morgan fingerprint density at radius 2 is 1.90 bits per heavy atom. The molecule has 1 aromatic carbocycles. The van der Waals surface area contributed by atoms with Crippen LogP contribution >= 0.6 is 0 Å². The van der Waals surface area contributed by atoms with Crippen LogP contribution in [-0.4, -0.2) is 25.3 Å². The van der Waals surface area contributed by atoms with Gasteiger partial charge in [-0.05, 0) is 30.7 Å². The van der Waals surface area contributed by atoms with Gasteiger partial charge >= 0.3 is 6.18 Å². The Kier molecular flexibility index (Phi) is 5.80. The molecule has 0 aromatic heterocycles. The van der Waals surface area contributed by atoms with E-state index >= 15 is 0 Å². The number of anilines is 1. The van der Waals surface area contributed by atoms with E-state index in [9.17, 15) is 17.6 Å². The van der Waals surface area contributed by atoms with Gasteiger partial charge in [0.1, 0.15) is 12.4 Å². The standard InChI is InChI=1S/C14H20F4N2/c1-4-20(9-14(16,17)18)13-6-5-12(15)7-11(13)8-19-10(2)3/h5-7,10,19H,4,8-9H2,1-3H3. The number of nitrogens with zero attached hydrogens (tertiary/aromatic N) is 1. The van der Waals surface area contributed by atoms with Crippen molar-refractivity contribution in [3.63, 3.8) is 0 Å². The zero-order valence-corrected chi connectivity index (χ0v) is 11.9. The van der Waals surface area contributed by atoms with E-state index in [1.54, 1.807) is 6.92 Å². The highest BCUT2D eigenvalue weighted by atomic mass is 19.4. The quantitative estimate of drug-likeness (QED) is 0.804. The van der Waals surface area contributed by atoms with Gasteiger partial charge in [-0.25, -0.2) is 4.39 Å². The summed E-state index contributed by atoms with van der Waals surface area (Å²) in [7, 11) is 0. The summed E-state index contributed by atoms with van der Waals surface area (Å²) < 4.78 is 51.0. The van der Waals surface area contributed by atoms with Crippen molar-refractivity contribution in [1.29, 1.82) is 0 Å². The maximum atomic E-state index is 13.3. The summed E-state index contributed by atoms with van der Waals surface area (Å²) in [6, 6.07) is 4.04. The van der Waals surface area contributed by atoms with Gasteiger partial charge in [0, 0.05) is 24.8 Å². The first-order valence-corrected chi connectivity index (χ1v) is 6.56. The predicted molar refractivity (Wildman–Crippen MR) is 72.3 cm³/mol. The number of rotatable bonds is 6. The number of hydrogen-bond donors (Lipinski definition) is 1. The molecule has 0 aliphatic carbocycles. The smallest absolute Gasteiger partial charge is 0.363 e. The van der Waals surface area contributed by atoms with Crippen LogP contribution in [0.2, 0.25) is 0 Å². The first kappa shape index (κ1) is 16.8. The average molecular weight is 292 g/mol. The number of benzene rings is 1. The molecule has 0 bridgehead atoms. The van der Waals surface area contributed by atoms with Crippen LogP contribution in [0.25, 0.3) is 0 Å². The van der Waals surface area contributed by atoms with E-state index in [0.717, 1.165) is 0 Å². The number of halogens is 4. The van der Waals surface area contributed by atoms with Crippen LogP contribution < -0.4 is 10.2 Å². The summed E-state index contributed by atoms with van der Waals surface area (Å²) in [4.78, 5) is 1.21. The molecule has 0 saturated heterocycles. The van der Waals surface area contributed by atoms with Gasteiger partial charge in [0.2, 0.25) is 0 Å². The minimum Gasteiger partial charge on any atom is -0.363 e. The molecular weight excluding hydrogens is 272 g/mol. The first-order chi connectivity index (χ1) is 9.23. The molecule has 0 spiro atoms. The van der Waals surface area contributed by atoms with E-state index in [4.69, 9.17) is 0 Å². The second kappa shape index (κ2) is 6.92. The summed E-state index contributed by atoms with van der Waals surface area (Å²) in [5.74, 6) is -0.447. The maximum Gasteiger partial charge on any atom is 0.405 e. The molecule has 2 nitrogen and oxygen atoms in total. The zero-order chi connectivity index (χ0) is 15.3. The van der Waals surface area contributed by atoms with Gasteiger partial charge in [0.15, 0.2) is 0 Å². The average Bonchev–Trinajstić information content (AvgIpc) is 2.32. The third-order valence-corrected chi connectivity index (χ3v) is 2.83. The lowest BCUT2D eigenvalue weighted by Gasteiger charge is -2.27. The molecule has 6 heteroatoms. The molecule has 1 aromatic rings. The summed E-state index contributed by atoms with van der Waals surface area (Å²) in [6.45, 7) is 5.00. The zero-order valence-electron chi connectivity index (χ0n) is 11.9. The van der Waals surface area contributed by atoms with Crippen LogP contribution in [0.4, 0.5) is 23.2 Å². The molecule has 0 fully saturated rings. The van der Waals surface area contributed by atoms with Crippen LogP contribution in [0.3, 0.4) is 0 Å². The first-order valence-electron chi connectivity index (χ1n) is 6.56. The van der Waals surface area contributed by atoms with Crippen molar-refractivity contribution in [2.75, 3.05) is 18.0 Å². The Labute approximate surface area is 116 Å². The van der Waals surface area contributed by atoms with Crippen molar-refractivity contribution in [3.05, 3.63) is 29.6 Å². The van der Waals surface area contributed by atoms with Crippen molar-refractivity contribution in [1.82, 2.24) is 5.32 Å². The lowest BCUT2D eigenvalue weighted by molar-refractivity contribution is -0.119. The van der Waals surface area contributed by atoms with Crippen molar-refractivity contribution < 1.29 is 17.6 Å².